The molecule has 0 N–H and O–H groups in total. The minimum atomic E-state index is -3.41. The predicted octanol–water partition coefficient (Wildman–Crippen LogP) is 3.10. The van der Waals surface area contributed by atoms with Crippen LogP contribution in [-0.2, 0) is 22.0 Å². The SMILES string of the molecule is CC(C)(C)c1ccc(S(=O)(=O)N2CCCC2Cn2ccnc2)s1. The van der Waals surface area contributed by atoms with E-state index in [2.05, 4.69) is 25.8 Å². The Kier molecular flexibility index (Phi) is 4.37. The number of hydrogen-bond acceptors (Lipinski definition) is 4. The molecule has 2 aromatic heterocycles. The van der Waals surface area contributed by atoms with Crippen molar-refractivity contribution in [2.24, 2.45) is 0 Å². The highest BCUT2D eigenvalue weighted by atomic mass is 32.2. The fourth-order valence-electron chi connectivity index (χ4n) is 2.92. The van der Waals surface area contributed by atoms with Gasteiger partial charge in [-0.2, -0.15) is 4.31 Å². The van der Waals surface area contributed by atoms with Crippen molar-refractivity contribution in [1.82, 2.24) is 13.9 Å². The van der Waals surface area contributed by atoms with Gasteiger partial charge in [0.1, 0.15) is 4.21 Å². The maximum Gasteiger partial charge on any atom is 0.252 e. The third-order valence-corrected chi connectivity index (χ3v) is 8.12. The van der Waals surface area contributed by atoms with Crippen LogP contribution >= 0.6 is 11.3 Å². The number of sulfonamides is 1. The van der Waals surface area contributed by atoms with Gasteiger partial charge >= 0.3 is 0 Å². The van der Waals surface area contributed by atoms with Gasteiger partial charge in [0.25, 0.3) is 10.0 Å². The fourth-order valence-corrected chi connectivity index (χ4v) is 6.10. The molecule has 0 saturated carbocycles. The lowest BCUT2D eigenvalue weighted by Gasteiger charge is -2.23. The van der Waals surface area contributed by atoms with Gasteiger partial charge in [0.2, 0.25) is 0 Å². The summed E-state index contributed by atoms with van der Waals surface area (Å²) in [4.78, 5) is 5.14. The summed E-state index contributed by atoms with van der Waals surface area (Å²) in [7, 11) is -3.41. The van der Waals surface area contributed by atoms with E-state index >= 15 is 0 Å². The maximum atomic E-state index is 13.0. The lowest BCUT2D eigenvalue weighted by atomic mass is 9.95. The van der Waals surface area contributed by atoms with Crippen LogP contribution in [0.15, 0.2) is 35.1 Å². The normalized spacial score (nSPS) is 20.2. The summed E-state index contributed by atoms with van der Waals surface area (Å²) in [5.74, 6) is 0. The van der Waals surface area contributed by atoms with Crippen LogP contribution in [0.4, 0.5) is 0 Å². The number of rotatable bonds is 4. The first-order valence-electron chi connectivity index (χ1n) is 7.86. The third-order valence-electron chi connectivity index (χ3n) is 4.19. The second-order valence-electron chi connectivity index (χ2n) is 7.04. The van der Waals surface area contributed by atoms with Gasteiger partial charge in [-0.3, -0.25) is 0 Å². The Balaban J connectivity index is 1.85. The van der Waals surface area contributed by atoms with E-state index in [1.54, 1.807) is 22.9 Å². The Morgan fingerprint density at radius 2 is 2.13 bits per heavy atom. The summed E-state index contributed by atoms with van der Waals surface area (Å²) in [5.41, 5.74) is -0.0281. The molecule has 0 radical (unpaired) electrons. The minimum Gasteiger partial charge on any atom is -0.336 e. The smallest absolute Gasteiger partial charge is 0.252 e. The van der Waals surface area contributed by atoms with Crippen molar-refractivity contribution >= 4 is 21.4 Å². The zero-order chi connectivity index (χ0) is 16.7. The van der Waals surface area contributed by atoms with Gasteiger partial charge < -0.3 is 4.57 Å². The Bertz CT molecular complexity index is 758. The first-order valence-corrected chi connectivity index (χ1v) is 10.1. The summed E-state index contributed by atoms with van der Waals surface area (Å²) in [6, 6.07) is 3.71. The molecule has 0 amide bonds. The molecule has 2 aromatic rings. The molecule has 1 fully saturated rings. The maximum absolute atomic E-state index is 13.0. The van der Waals surface area contributed by atoms with E-state index in [1.165, 1.54) is 11.3 Å². The van der Waals surface area contributed by atoms with Gasteiger partial charge in [0.05, 0.1) is 6.33 Å². The van der Waals surface area contributed by atoms with E-state index in [9.17, 15) is 8.42 Å². The molecular formula is C16H23N3O2S2. The third kappa shape index (κ3) is 3.36. The summed E-state index contributed by atoms with van der Waals surface area (Å²) in [6.45, 7) is 7.58. The van der Waals surface area contributed by atoms with Crippen molar-refractivity contribution in [3.63, 3.8) is 0 Å². The average molecular weight is 354 g/mol. The molecule has 0 spiro atoms. The van der Waals surface area contributed by atoms with Crippen molar-refractivity contribution in [2.75, 3.05) is 6.54 Å². The molecule has 0 aliphatic carbocycles. The monoisotopic (exact) mass is 353 g/mol. The number of nitrogens with zero attached hydrogens (tertiary/aromatic N) is 3. The van der Waals surface area contributed by atoms with Gasteiger partial charge in [-0.05, 0) is 30.4 Å². The molecule has 1 unspecified atom stereocenters. The molecule has 1 aliphatic heterocycles. The molecule has 0 aromatic carbocycles. The van der Waals surface area contributed by atoms with Crippen LogP contribution in [0.3, 0.4) is 0 Å². The fraction of sp³-hybridized carbons (Fsp3) is 0.562. The standard InChI is InChI=1S/C16H23N3O2S2/c1-16(2,3)14-6-7-15(22-14)23(20,21)19-9-4-5-13(19)11-18-10-8-17-12-18/h6-8,10,12-13H,4-5,9,11H2,1-3H3. The highest BCUT2D eigenvalue weighted by molar-refractivity contribution is 7.91. The van der Waals surface area contributed by atoms with E-state index in [0.717, 1.165) is 17.7 Å². The quantitative estimate of drug-likeness (QED) is 0.849. The molecule has 1 saturated heterocycles. The van der Waals surface area contributed by atoms with Crippen LogP contribution in [0.1, 0.15) is 38.5 Å². The lowest BCUT2D eigenvalue weighted by molar-refractivity contribution is 0.353. The van der Waals surface area contributed by atoms with Crippen molar-refractivity contribution in [3.05, 3.63) is 35.7 Å². The summed E-state index contributed by atoms with van der Waals surface area (Å²) in [6.07, 6.45) is 7.16. The van der Waals surface area contributed by atoms with Crippen LogP contribution in [0, 0.1) is 0 Å². The molecule has 23 heavy (non-hydrogen) atoms. The predicted molar refractivity (Wildman–Crippen MR) is 92.2 cm³/mol. The zero-order valence-electron chi connectivity index (χ0n) is 13.8. The van der Waals surface area contributed by atoms with Gasteiger partial charge in [-0.15, -0.1) is 11.3 Å². The van der Waals surface area contributed by atoms with Gasteiger partial charge in [0.15, 0.2) is 0 Å². The Hall–Kier alpha value is -1.18. The number of imidazole rings is 1. The Morgan fingerprint density at radius 1 is 1.35 bits per heavy atom. The number of hydrogen-bond donors (Lipinski definition) is 0. The number of thiophene rings is 1. The molecule has 1 atom stereocenters. The van der Waals surface area contributed by atoms with Gasteiger partial charge in [-0.25, -0.2) is 13.4 Å². The summed E-state index contributed by atoms with van der Waals surface area (Å²) >= 11 is 1.39. The molecule has 0 bridgehead atoms. The molecule has 3 heterocycles. The van der Waals surface area contributed by atoms with Crippen LogP contribution in [0.2, 0.25) is 0 Å². The molecule has 3 rings (SSSR count). The van der Waals surface area contributed by atoms with Crippen LogP contribution in [-0.4, -0.2) is 34.9 Å². The zero-order valence-corrected chi connectivity index (χ0v) is 15.4. The second kappa shape index (κ2) is 6.03. The van der Waals surface area contributed by atoms with Crippen LogP contribution in [0.5, 0.6) is 0 Å². The van der Waals surface area contributed by atoms with E-state index in [0.29, 0.717) is 17.3 Å². The van der Waals surface area contributed by atoms with Crippen molar-refractivity contribution in [3.8, 4) is 0 Å². The first kappa shape index (κ1) is 16.7. The Morgan fingerprint density at radius 3 is 2.74 bits per heavy atom. The molecule has 5 nitrogen and oxygen atoms in total. The van der Waals surface area contributed by atoms with Crippen LogP contribution in [0.25, 0.3) is 0 Å². The molecule has 126 valence electrons. The van der Waals surface area contributed by atoms with Crippen LogP contribution < -0.4 is 0 Å². The minimum absolute atomic E-state index is 0.00869. The van der Waals surface area contributed by atoms with E-state index in [1.807, 2.05) is 16.8 Å². The van der Waals surface area contributed by atoms with Crippen molar-refractivity contribution in [1.29, 1.82) is 0 Å². The van der Waals surface area contributed by atoms with Gasteiger partial charge in [0, 0.05) is 36.4 Å². The summed E-state index contributed by atoms with van der Waals surface area (Å²) in [5, 5.41) is 0. The first-order chi connectivity index (χ1) is 10.8. The Labute approximate surface area is 142 Å². The van der Waals surface area contributed by atoms with E-state index in [4.69, 9.17) is 0 Å². The molecular weight excluding hydrogens is 330 g/mol. The van der Waals surface area contributed by atoms with Crippen molar-refractivity contribution in [2.45, 2.75) is 55.8 Å². The highest BCUT2D eigenvalue weighted by Gasteiger charge is 2.36. The van der Waals surface area contributed by atoms with Crippen molar-refractivity contribution < 1.29 is 8.42 Å². The lowest BCUT2D eigenvalue weighted by Crippen LogP contribution is -2.37. The second-order valence-corrected chi connectivity index (χ2v) is 10.2. The molecule has 7 heteroatoms. The van der Waals surface area contributed by atoms with Gasteiger partial charge in [-0.1, -0.05) is 20.8 Å². The average Bonchev–Trinajstić information content (AvgIpc) is 3.20. The summed E-state index contributed by atoms with van der Waals surface area (Å²) < 4.78 is 30.1. The largest absolute Gasteiger partial charge is 0.336 e. The topological polar surface area (TPSA) is 55.2 Å². The molecule has 1 aliphatic rings. The number of aromatic nitrogens is 2. The highest BCUT2D eigenvalue weighted by Crippen LogP contribution is 2.35. The van der Waals surface area contributed by atoms with E-state index < -0.39 is 10.0 Å². The van der Waals surface area contributed by atoms with E-state index in [-0.39, 0.29) is 11.5 Å².